The van der Waals surface area contributed by atoms with E-state index >= 15 is 0 Å². The van der Waals surface area contributed by atoms with Crippen molar-refractivity contribution in [2.75, 3.05) is 12.3 Å². The zero-order valence-electron chi connectivity index (χ0n) is 12.5. The van der Waals surface area contributed by atoms with Crippen LogP contribution in [0.25, 0.3) is 21.5 Å². The maximum atomic E-state index is 2.87. The molecule has 0 nitrogen and oxygen atoms in total. The molecule has 0 spiro atoms. The molecule has 21 heavy (non-hydrogen) atoms. The minimum Gasteiger partial charge on any atom is -0.137 e. The summed E-state index contributed by atoms with van der Waals surface area (Å²) in [6, 6.07) is 18.2. The van der Waals surface area contributed by atoms with Gasteiger partial charge < -0.3 is 0 Å². The second-order valence-corrected chi connectivity index (χ2v) is 6.83. The van der Waals surface area contributed by atoms with Crippen molar-refractivity contribution < 1.29 is 0 Å². The van der Waals surface area contributed by atoms with Gasteiger partial charge in [-0.2, -0.15) is 0 Å². The van der Waals surface area contributed by atoms with Crippen LogP contribution in [0.15, 0.2) is 48.5 Å². The molecule has 2 atom stereocenters. The Balaban J connectivity index is 2.07. The van der Waals surface area contributed by atoms with Gasteiger partial charge in [-0.15, -0.1) is 18.5 Å². The number of fused-ring (bicyclic) bond motifs is 3. The largest absolute Gasteiger partial charge is 0.137 e. The van der Waals surface area contributed by atoms with E-state index in [9.17, 15) is 0 Å². The Hall–Kier alpha value is -0.960. The third kappa shape index (κ3) is 3.13. The monoisotopic (exact) mass is 312 g/mol. The maximum Gasteiger partial charge on any atom is -0.0105 e. The minimum atomic E-state index is 0.737. The van der Waals surface area contributed by atoms with Crippen molar-refractivity contribution in [2.24, 2.45) is 5.92 Å². The molecule has 0 saturated heterocycles. The number of hydrogen-bond donors (Lipinski definition) is 0. The van der Waals surface area contributed by atoms with Gasteiger partial charge in [0.1, 0.15) is 0 Å². The van der Waals surface area contributed by atoms with E-state index in [0.29, 0.717) is 0 Å². The van der Waals surface area contributed by atoms with Crippen LogP contribution in [-0.2, 0) is 6.42 Å². The zero-order chi connectivity index (χ0) is 14.8. The predicted octanol–water partition coefficient (Wildman–Crippen LogP) is 5.21. The van der Waals surface area contributed by atoms with Crippen LogP contribution < -0.4 is 0 Å². The number of hydrogen-bond acceptors (Lipinski definition) is 0. The number of aryl methyl sites for hydroxylation is 1. The maximum absolute atomic E-state index is 2.87. The smallest absolute Gasteiger partial charge is 0.0105 e. The second kappa shape index (κ2) is 6.43. The first kappa shape index (κ1) is 15.0. The van der Waals surface area contributed by atoms with Crippen LogP contribution >= 0.6 is 18.5 Å². The van der Waals surface area contributed by atoms with Crippen LogP contribution in [0.1, 0.15) is 11.1 Å². The third-order valence-electron chi connectivity index (χ3n) is 4.25. The lowest BCUT2D eigenvalue weighted by Crippen LogP contribution is -2.07. The van der Waals surface area contributed by atoms with Crippen LogP contribution in [0.4, 0.5) is 0 Å². The molecule has 0 N–H and O–H groups in total. The van der Waals surface area contributed by atoms with Crippen LogP contribution in [0.3, 0.4) is 0 Å². The lowest BCUT2D eigenvalue weighted by molar-refractivity contribution is 0.671. The Kier molecular flexibility index (Phi) is 4.58. The molecular weight excluding hydrogens is 290 g/mol. The quantitative estimate of drug-likeness (QED) is 0.458. The molecule has 0 aliphatic rings. The second-order valence-electron chi connectivity index (χ2n) is 5.89. The molecule has 108 valence electrons. The average Bonchev–Trinajstić information content (AvgIpc) is 2.51. The summed E-state index contributed by atoms with van der Waals surface area (Å²) < 4.78 is 0. The number of rotatable bonds is 4. The molecule has 3 rings (SSSR count). The van der Waals surface area contributed by atoms with Crippen LogP contribution in [0.5, 0.6) is 0 Å². The predicted molar refractivity (Wildman–Crippen MR) is 103 cm³/mol. The SMILES string of the molecule is Cc1ccc2c(ccc3cc(CC(CP)CP)ccc32)c1. The molecule has 0 radical (unpaired) electrons. The minimum absolute atomic E-state index is 0.737. The van der Waals surface area contributed by atoms with Gasteiger partial charge in [-0.3, -0.25) is 0 Å². The molecular formula is C19H22P2. The highest BCUT2D eigenvalue weighted by Gasteiger charge is 2.07. The summed E-state index contributed by atoms with van der Waals surface area (Å²) in [4.78, 5) is 0. The molecule has 0 aliphatic carbocycles. The molecule has 0 aromatic heterocycles. The van der Waals surface area contributed by atoms with E-state index in [4.69, 9.17) is 0 Å². The van der Waals surface area contributed by atoms with Crippen molar-refractivity contribution in [3.8, 4) is 0 Å². The summed E-state index contributed by atoms with van der Waals surface area (Å²) in [5.74, 6) is 0.737. The standard InChI is InChI=1S/C19H22P2/c1-13-2-6-18-16(8-13)4-5-17-10-14(3-7-19(17)18)9-15(11-20)12-21/h2-8,10,15H,9,11-12,20-21H2,1H3. The fraction of sp³-hybridized carbons (Fsp3) is 0.263. The lowest BCUT2D eigenvalue weighted by atomic mass is 9.96. The van der Waals surface area contributed by atoms with Gasteiger partial charge in [-0.1, -0.05) is 54.1 Å². The van der Waals surface area contributed by atoms with Crippen LogP contribution in [0.2, 0.25) is 0 Å². The molecule has 2 heteroatoms. The highest BCUT2D eigenvalue weighted by Crippen LogP contribution is 2.28. The van der Waals surface area contributed by atoms with E-state index in [1.165, 1.54) is 45.0 Å². The highest BCUT2D eigenvalue weighted by atomic mass is 31.0. The van der Waals surface area contributed by atoms with Gasteiger partial charge in [0.05, 0.1) is 0 Å². The van der Waals surface area contributed by atoms with Gasteiger partial charge in [0.15, 0.2) is 0 Å². The Morgan fingerprint density at radius 1 is 0.810 bits per heavy atom. The Morgan fingerprint density at radius 3 is 2.10 bits per heavy atom. The van der Waals surface area contributed by atoms with Gasteiger partial charge in [-0.05, 0) is 58.7 Å². The lowest BCUT2D eigenvalue weighted by Gasteiger charge is -2.13. The zero-order valence-corrected chi connectivity index (χ0v) is 14.8. The van der Waals surface area contributed by atoms with E-state index in [1.54, 1.807) is 0 Å². The van der Waals surface area contributed by atoms with Crippen LogP contribution in [0, 0.1) is 12.8 Å². The van der Waals surface area contributed by atoms with E-state index < -0.39 is 0 Å². The highest BCUT2D eigenvalue weighted by molar-refractivity contribution is 7.17. The van der Waals surface area contributed by atoms with E-state index in [2.05, 4.69) is 73.9 Å². The first-order valence-corrected chi connectivity index (χ1v) is 9.16. The molecule has 0 heterocycles. The molecule has 0 bridgehead atoms. The summed E-state index contributed by atoms with van der Waals surface area (Å²) in [6.45, 7) is 2.15. The van der Waals surface area contributed by atoms with Crippen molar-refractivity contribution in [2.45, 2.75) is 13.3 Å². The van der Waals surface area contributed by atoms with Gasteiger partial charge in [0, 0.05) is 0 Å². The molecule has 0 saturated carbocycles. The van der Waals surface area contributed by atoms with Crippen molar-refractivity contribution in [1.82, 2.24) is 0 Å². The molecule has 2 unspecified atom stereocenters. The fourth-order valence-corrected chi connectivity index (χ4v) is 4.07. The molecule has 0 amide bonds. The summed E-state index contributed by atoms with van der Waals surface area (Å²) in [5.41, 5.74) is 2.77. The summed E-state index contributed by atoms with van der Waals surface area (Å²) in [6.07, 6.45) is 3.49. The molecule has 3 aromatic carbocycles. The average molecular weight is 312 g/mol. The van der Waals surface area contributed by atoms with E-state index in [-0.39, 0.29) is 0 Å². The summed E-state index contributed by atoms with van der Waals surface area (Å²) in [7, 11) is 5.75. The topological polar surface area (TPSA) is 0 Å². The Bertz CT molecular complexity index is 773. The summed E-state index contributed by atoms with van der Waals surface area (Å²) >= 11 is 0. The van der Waals surface area contributed by atoms with Crippen molar-refractivity contribution >= 4 is 40.0 Å². The van der Waals surface area contributed by atoms with Gasteiger partial charge in [0.25, 0.3) is 0 Å². The first-order valence-electron chi connectivity index (χ1n) is 7.53. The Labute approximate surface area is 131 Å². The van der Waals surface area contributed by atoms with Gasteiger partial charge in [0.2, 0.25) is 0 Å². The number of benzene rings is 3. The molecule has 0 fully saturated rings. The van der Waals surface area contributed by atoms with Crippen molar-refractivity contribution in [1.29, 1.82) is 0 Å². The summed E-state index contributed by atoms with van der Waals surface area (Å²) in [5, 5.41) is 5.42. The van der Waals surface area contributed by atoms with Gasteiger partial charge >= 0.3 is 0 Å². The Morgan fingerprint density at radius 2 is 1.43 bits per heavy atom. The van der Waals surface area contributed by atoms with E-state index in [1.807, 2.05) is 0 Å². The third-order valence-corrected chi connectivity index (χ3v) is 5.58. The molecule has 0 aliphatic heterocycles. The normalized spacial score (nSPS) is 11.6. The van der Waals surface area contributed by atoms with Crippen LogP contribution in [-0.4, -0.2) is 12.3 Å². The fourth-order valence-electron chi connectivity index (χ4n) is 2.96. The van der Waals surface area contributed by atoms with E-state index in [0.717, 1.165) is 12.3 Å². The van der Waals surface area contributed by atoms with Crippen molar-refractivity contribution in [3.63, 3.8) is 0 Å². The first-order chi connectivity index (χ1) is 10.2. The van der Waals surface area contributed by atoms with Gasteiger partial charge in [-0.25, -0.2) is 0 Å². The van der Waals surface area contributed by atoms with Crippen molar-refractivity contribution in [3.05, 3.63) is 59.7 Å². The molecule has 3 aromatic rings.